The van der Waals surface area contributed by atoms with Crippen molar-refractivity contribution in [2.24, 2.45) is 0 Å². The Kier molecular flexibility index (Phi) is 4.37. The second-order valence-corrected chi connectivity index (χ2v) is 4.75. The lowest BCUT2D eigenvalue weighted by atomic mass is 9.73. The smallest absolute Gasteiger partial charge is 0.316 e. The topological polar surface area (TPSA) is 40.4 Å². The van der Waals surface area contributed by atoms with E-state index in [1.165, 1.54) is 0 Å². The Balaban J connectivity index is 2.25. The number of benzene rings is 1. The van der Waals surface area contributed by atoms with Crippen molar-refractivity contribution < 1.29 is 9.53 Å². The van der Waals surface area contributed by atoms with Gasteiger partial charge in [-0.25, -0.2) is 5.32 Å². The molecule has 1 saturated heterocycles. The average Bonchev–Trinajstić information content (AvgIpc) is 2.46. The van der Waals surface area contributed by atoms with Gasteiger partial charge in [-0.2, -0.15) is 0 Å². The van der Waals surface area contributed by atoms with Crippen molar-refractivity contribution in [3.05, 3.63) is 35.9 Å². The van der Waals surface area contributed by atoms with Gasteiger partial charge in [-0.15, -0.1) is 0 Å². The van der Waals surface area contributed by atoms with Crippen LogP contribution < -0.4 is 5.32 Å². The zero-order valence-electron chi connectivity index (χ0n) is 10.9. The third kappa shape index (κ3) is 2.56. The molecule has 3 nitrogen and oxygen atoms in total. The van der Waals surface area contributed by atoms with Crippen LogP contribution in [0.15, 0.2) is 30.3 Å². The van der Waals surface area contributed by atoms with Crippen LogP contribution in [0.4, 0.5) is 0 Å². The zero-order valence-corrected chi connectivity index (χ0v) is 10.9. The van der Waals surface area contributed by atoms with E-state index >= 15 is 0 Å². The molecule has 1 fully saturated rings. The lowest BCUT2D eigenvalue weighted by molar-refractivity contribution is -0.152. The predicted octanol–water partition coefficient (Wildman–Crippen LogP) is 2.28. The fraction of sp³-hybridized carbons (Fsp3) is 0.533. The van der Waals surface area contributed by atoms with Gasteiger partial charge in [0, 0.05) is 13.1 Å². The van der Waals surface area contributed by atoms with Crippen molar-refractivity contribution in [3.8, 4) is 0 Å². The van der Waals surface area contributed by atoms with Gasteiger partial charge in [0.15, 0.2) is 0 Å². The van der Waals surface area contributed by atoms with Crippen LogP contribution >= 0.6 is 0 Å². The minimum Gasteiger partial charge on any atom is -0.465 e. The third-order valence-electron chi connectivity index (χ3n) is 3.55. The van der Waals surface area contributed by atoms with Gasteiger partial charge in [0.2, 0.25) is 0 Å². The summed E-state index contributed by atoms with van der Waals surface area (Å²) in [6.45, 7) is 4.01. The van der Waals surface area contributed by atoms with Crippen LogP contribution in [0.2, 0.25) is 0 Å². The van der Waals surface area contributed by atoms with Crippen LogP contribution in [-0.2, 0) is 14.9 Å². The second-order valence-electron chi connectivity index (χ2n) is 4.75. The summed E-state index contributed by atoms with van der Waals surface area (Å²) in [6, 6.07) is 9.99. The molecule has 2 rings (SSSR count). The highest BCUT2D eigenvalue weighted by atomic mass is 16.5. The van der Waals surface area contributed by atoms with Crippen LogP contribution in [0.3, 0.4) is 0 Å². The summed E-state index contributed by atoms with van der Waals surface area (Å²) in [6.07, 6.45) is 2.39. The highest BCUT2D eigenvalue weighted by molar-refractivity contribution is 5.83. The minimum atomic E-state index is -0.474. The summed E-state index contributed by atoms with van der Waals surface area (Å²) in [5.74, 6) is -0.0783. The first-order valence-corrected chi connectivity index (χ1v) is 6.65. The normalized spacial score (nSPS) is 18.3. The Morgan fingerprint density at radius 3 is 2.56 bits per heavy atom. The molecule has 0 saturated carbocycles. The van der Waals surface area contributed by atoms with E-state index in [-0.39, 0.29) is 5.97 Å². The minimum absolute atomic E-state index is 0.0783. The van der Waals surface area contributed by atoms with E-state index in [4.69, 9.17) is 4.74 Å². The zero-order chi connectivity index (χ0) is 12.8. The molecule has 0 spiro atoms. The first-order chi connectivity index (χ1) is 8.79. The van der Waals surface area contributed by atoms with Crippen LogP contribution in [0.25, 0.3) is 0 Å². The van der Waals surface area contributed by atoms with E-state index in [0.29, 0.717) is 6.61 Å². The van der Waals surface area contributed by atoms with E-state index in [0.717, 1.165) is 37.9 Å². The number of ether oxygens (including phenoxy) is 1. The van der Waals surface area contributed by atoms with E-state index in [2.05, 4.69) is 5.32 Å². The lowest BCUT2D eigenvalue weighted by Gasteiger charge is -2.35. The van der Waals surface area contributed by atoms with Crippen LogP contribution in [0.5, 0.6) is 0 Å². The molecule has 0 amide bonds. The fourth-order valence-electron chi connectivity index (χ4n) is 2.48. The standard InChI is InChI=1S/C15H20NO2/c1-2-12-18-14(17)15(8-10-16-11-9-15)13-6-4-3-5-7-13/h3-7H,2,8-12H2,1H3. The van der Waals surface area contributed by atoms with E-state index < -0.39 is 5.41 Å². The largest absolute Gasteiger partial charge is 0.465 e. The van der Waals surface area contributed by atoms with Crippen molar-refractivity contribution in [1.82, 2.24) is 5.32 Å². The van der Waals surface area contributed by atoms with Crippen LogP contribution in [-0.4, -0.2) is 25.7 Å². The van der Waals surface area contributed by atoms with Gasteiger partial charge < -0.3 is 4.74 Å². The molecule has 1 aliphatic rings. The molecule has 18 heavy (non-hydrogen) atoms. The highest BCUT2D eigenvalue weighted by Crippen LogP contribution is 2.35. The molecular weight excluding hydrogens is 226 g/mol. The molecule has 0 aromatic heterocycles. The molecule has 0 atom stereocenters. The number of rotatable bonds is 4. The van der Waals surface area contributed by atoms with E-state index in [9.17, 15) is 4.79 Å². The van der Waals surface area contributed by atoms with E-state index in [1.54, 1.807) is 0 Å². The van der Waals surface area contributed by atoms with Gasteiger partial charge >= 0.3 is 5.97 Å². The van der Waals surface area contributed by atoms with Gasteiger partial charge in [-0.1, -0.05) is 37.3 Å². The number of carbonyl (C=O) groups is 1. The maximum Gasteiger partial charge on any atom is 0.316 e. The van der Waals surface area contributed by atoms with Crippen molar-refractivity contribution in [2.45, 2.75) is 31.6 Å². The van der Waals surface area contributed by atoms with E-state index in [1.807, 2.05) is 37.3 Å². The highest BCUT2D eigenvalue weighted by Gasteiger charge is 2.42. The average molecular weight is 246 g/mol. The summed E-state index contributed by atoms with van der Waals surface area (Å²) in [7, 11) is 0. The monoisotopic (exact) mass is 246 g/mol. The van der Waals surface area contributed by atoms with Gasteiger partial charge in [0.25, 0.3) is 0 Å². The van der Waals surface area contributed by atoms with Gasteiger partial charge in [-0.3, -0.25) is 4.79 Å². The Morgan fingerprint density at radius 2 is 1.94 bits per heavy atom. The number of hydrogen-bond donors (Lipinski definition) is 0. The maximum atomic E-state index is 12.4. The Morgan fingerprint density at radius 1 is 1.28 bits per heavy atom. The number of hydrogen-bond acceptors (Lipinski definition) is 2. The third-order valence-corrected chi connectivity index (χ3v) is 3.55. The lowest BCUT2D eigenvalue weighted by Crippen LogP contribution is -2.44. The molecule has 97 valence electrons. The first kappa shape index (κ1) is 13.1. The molecule has 0 unspecified atom stereocenters. The molecule has 3 heteroatoms. The Hall–Kier alpha value is -1.35. The van der Waals surface area contributed by atoms with Crippen molar-refractivity contribution in [3.63, 3.8) is 0 Å². The van der Waals surface area contributed by atoms with Crippen molar-refractivity contribution in [2.75, 3.05) is 19.7 Å². The number of nitrogens with zero attached hydrogens (tertiary/aromatic N) is 1. The quantitative estimate of drug-likeness (QED) is 0.765. The number of esters is 1. The number of piperidine rings is 1. The summed E-state index contributed by atoms with van der Waals surface area (Å²) in [4.78, 5) is 12.4. The number of carbonyl (C=O) groups excluding carboxylic acids is 1. The summed E-state index contributed by atoms with van der Waals surface area (Å²) in [5.41, 5.74) is 0.596. The van der Waals surface area contributed by atoms with Gasteiger partial charge in [0.1, 0.15) is 0 Å². The van der Waals surface area contributed by atoms with Gasteiger partial charge in [-0.05, 0) is 24.8 Å². The van der Waals surface area contributed by atoms with Crippen LogP contribution in [0.1, 0.15) is 31.7 Å². The predicted molar refractivity (Wildman–Crippen MR) is 70.5 cm³/mol. The molecule has 1 radical (unpaired) electrons. The molecular formula is C15H20NO2. The fourth-order valence-corrected chi connectivity index (χ4v) is 2.48. The SMILES string of the molecule is CCCOC(=O)C1(c2ccccc2)CC[N]CC1. The molecule has 0 aliphatic carbocycles. The summed E-state index contributed by atoms with van der Waals surface area (Å²) < 4.78 is 5.41. The Labute approximate surface area is 109 Å². The van der Waals surface area contributed by atoms with Crippen LogP contribution in [0, 0.1) is 0 Å². The summed E-state index contributed by atoms with van der Waals surface area (Å²) in [5, 5.41) is 4.35. The molecule has 1 aliphatic heterocycles. The van der Waals surface area contributed by atoms with Crippen molar-refractivity contribution in [1.29, 1.82) is 0 Å². The van der Waals surface area contributed by atoms with Gasteiger partial charge in [0.05, 0.1) is 12.0 Å². The molecule has 1 heterocycles. The summed E-state index contributed by atoms with van der Waals surface area (Å²) >= 11 is 0. The molecule has 0 N–H and O–H groups in total. The molecule has 0 bridgehead atoms. The molecule has 1 aromatic carbocycles. The maximum absolute atomic E-state index is 12.4. The second kappa shape index (κ2) is 6.01. The van der Waals surface area contributed by atoms with Crippen molar-refractivity contribution >= 4 is 5.97 Å². The Bertz CT molecular complexity index is 383. The first-order valence-electron chi connectivity index (χ1n) is 6.65. The molecule has 1 aromatic rings.